The minimum atomic E-state index is 0.254. The smallest absolute Gasteiger partial charge is 0.0642 e. The Hall–Kier alpha value is -1.22. The third kappa shape index (κ3) is 1.77. The van der Waals surface area contributed by atoms with Crippen LogP contribution < -0.4 is 10.2 Å². The third-order valence-electron chi connectivity index (χ3n) is 4.22. The van der Waals surface area contributed by atoms with Crippen molar-refractivity contribution in [3.05, 3.63) is 23.3 Å². The van der Waals surface area contributed by atoms with Crippen LogP contribution in [0.2, 0.25) is 0 Å². The Bertz CT molecular complexity index is 462. The van der Waals surface area contributed by atoms with Crippen LogP contribution in [-0.4, -0.2) is 32.8 Å². The molecule has 3 heteroatoms. The summed E-state index contributed by atoms with van der Waals surface area (Å²) in [5.74, 6) is 0. The molecule has 2 heterocycles. The number of fused-ring (bicyclic) bond motifs is 1. The van der Waals surface area contributed by atoms with Gasteiger partial charge in [-0.2, -0.15) is 0 Å². The van der Waals surface area contributed by atoms with Crippen molar-refractivity contribution < 1.29 is 4.74 Å². The first-order chi connectivity index (χ1) is 8.59. The number of nitrogens with one attached hydrogen (secondary N) is 1. The largest absolute Gasteiger partial charge is 0.384 e. The highest BCUT2D eigenvalue weighted by atomic mass is 16.5. The number of morpholine rings is 1. The van der Waals surface area contributed by atoms with Gasteiger partial charge in [0.25, 0.3) is 0 Å². The minimum absolute atomic E-state index is 0.254. The standard InChI is InChI=1S/C15H22N2O/c1-11-13(17-6-8-18-9-7-17)5-4-12-14(11)16-10-15(12,2)3/h4-5,16H,6-10H2,1-3H3. The van der Waals surface area contributed by atoms with Crippen molar-refractivity contribution >= 4 is 11.4 Å². The second-order valence-electron chi connectivity index (χ2n) is 5.97. The molecule has 2 aliphatic heterocycles. The van der Waals surface area contributed by atoms with Crippen molar-refractivity contribution in [1.29, 1.82) is 0 Å². The summed E-state index contributed by atoms with van der Waals surface area (Å²) in [6.45, 7) is 11.6. The molecule has 0 aliphatic carbocycles. The summed E-state index contributed by atoms with van der Waals surface area (Å²) in [6, 6.07) is 4.58. The average Bonchev–Trinajstić information content (AvgIpc) is 2.68. The monoisotopic (exact) mass is 246 g/mol. The van der Waals surface area contributed by atoms with Gasteiger partial charge in [-0.25, -0.2) is 0 Å². The number of anilines is 2. The molecule has 0 unspecified atom stereocenters. The molecule has 0 aromatic heterocycles. The molecule has 1 saturated heterocycles. The van der Waals surface area contributed by atoms with Crippen molar-refractivity contribution in [1.82, 2.24) is 0 Å². The number of rotatable bonds is 1. The molecule has 3 rings (SSSR count). The molecular formula is C15H22N2O. The van der Waals surface area contributed by atoms with E-state index in [1.807, 2.05) is 0 Å². The highest BCUT2D eigenvalue weighted by Crippen LogP contribution is 2.41. The lowest BCUT2D eigenvalue weighted by atomic mass is 9.86. The maximum absolute atomic E-state index is 5.43. The lowest BCUT2D eigenvalue weighted by molar-refractivity contribution is 0.122. The van der Waals surface area contributed by atoms with Crippen LogP contribution in [0.15, 0.2) is 12.1 Å². The molecule has 0 saturated carbocycles. The first kappa shape index (κ1) is 11.8. The Kier molecular flexibility index (Phi) is 2.74. The maximum Gasteiger partial charge on any atom is 0.0642 e. The molecule has 0 atom stereocenters. The van der Waals surface area contributed by atoms with E-state index >= 15 is 0 Å². The molecule has 3 nitrogen and oxygen atoms in total. The normalized spacial score (nSPS) is 21.6. The van der Waals surface area contributed by atoms with Crippen molar-refractivity contribution in [2.75, 3.05) is 43.1 Å². The van der Waals surface area contributed by atoms with Gasteiger partial charge < -0.3 is 15.0 Å². The lowest BCUT2D eigenvalue weighted by Crippen LogP contribution is -2.36. The molecule has 2 aliphatic rings. The molecule has 1 aromatic carbocycles. The van der Waals surface area contributed by atoms with E-state index in [1.54, 1.807) is 0 Å². The summed E-state index contributed by atoms with van der Waals surface area (Å²) in [7, 11) is 0. The summed E-state index contributed by atoms with van der Waals surface area (Å²) in [5, 5.41) is 3.58. The predicted octanol–water partition coefficient (Wildman–Crippen LogP) is 2.53. The van der Waals surface area contributed by atoms with E-state index in [1.165, 1.54) is 22.5 Å². The molecule has 1 aromatic rings. The van der Waals surface area contributed by atoms with Gasteiger partial charge in [-0.15, -0.1) is 0 Å². The van der Waals surface area contributed by atoms with Crippen LogP contribution in [0.25, 0.3) is 0 Å². The Labute approximate surface area is 109 Å². The molecule has 0 amide bonds. The molecule has 1 N–H and O–H groups in total. The van der Waals surface area contributed by atoms with E-state index in [9.17, 15) is 0 Å². The van der Waals surface area contributed by atoms with E-state index < -0.39 is 0 Å². The summed E-state index contributed by atoms with van der Waals surface area (Å²) >= 11 is 0. The number of hydrogen-bond acceptors (Lipinski definition) is 3. The zero-order valence-electron chi connectivity index (χ0n) is 11.5. The predicted molar refractivity (Wildman–Crippen MR) is 75.7 cm³/mol. The molecule has 0 spiro atoms. The van der Waals surface area contributed by atoms with Crippen molar-refractivity contribution in [2.45, 2.75) is 26.2 Å². The van der Waals surface area contributed by atoms with Crippen LogP contribution in [0, 0.1) is 6.92 Å². The van der Waals surface area contributed by atoms with Crippen LogP contribution in [0.5, 0.6) is 0 Å². The van der Waals surface area contributed by atoms with Crippen LogP contribution in [0.3, 0.4) is 0 Å². The Morgan fingerprint density at radius 3 is 2.67 bits per heavy atom. The van der Waals surface area contributed by atoms with Gasteiger partial charge in [0.15, 0.2) is 0 Å². The molecule has 1 fully saturated rings. The fourth-order valence-electron chi connectivity index (χ4n) is 3.04. The number of hydrogen-bond donors (Lipinski definition) is 1. The Morgan fingerprint density at radius 2 is 1.94 bits per heavy atom. The van der Waals surface area contributed by atoms with Gasteiger partial charge in [-0.3, -0.25) is 0 Å². The summed E-state index contributed by atoms with van der Waals surface area (Å²) in [6.07, 6.45) is 0. The summed E-state index contributed by atoms with van der Waals surface area (Å²) in [5.41, 5.74) is 5.81. The first-order valence-corrected chi connectivity index (χ1v) is 6.80. The van der Waals surface area contributed by atoms with E-state index in [0.29, 0.717) is 0 Å². The zero-order valence-corrected chi connectivity index (χ0v) is 11.5. The number of nitrogens with zero attached hydrogens (tertiary/aromatic N) is 1. The van der Waals surface area contributed by atoms with Crippen molar-refractivity contribution in [3.63, 3.8) is 0 Å². The van der Waals surface area contributed by atoms with Crippen molar-refractivity contribution in [2.24, 2.45) is 0 Å². The first-order valence-electron chi connectivity index (χ1n) is 6.80. The number of ether oxygens (including phenoxy) is 1. The van der Waals surface area contributed by atoms with Crippen molar-refractivity contribution in [3.8, 4) is 0 Å². The quantitative estimate of drug-likeness (QED) is 0.824. The molecule has 18 heavy (non-hydrogen) atoms. The maximum atomic E-state index is 5.43. The van der Waals surface area contributed by atoms with Crippen LogP contribution >= 0.6 is 0 Å². The third-order valence-corrected chi connectivity index (χ3v) is 4.22. The zero-order chi connectivity index (χ0) is 12.8. The fourth-order valence-corrected chi connectivity index (χ4v) is 3.04. The second kappa shape index (κ2) is 4.16. The van der Waals surface area contributed by atoms with E-state index in [2.05, 4.69) is 43.1 Å². The van der Waals surface area contributed by atoms with Gasteiger partial charge in [0.2, 0.25) is 0 Å². The van der Waals surface area contributed by atoms with Crippen LogP contribution in [0.4, 0.5) is 11.4 Å². The van der Waals surface area contributed by atoms with Crippen LogP contribution in [-0.2, 0) is 10.2 Å². The Morgan fingerprint density at radius 1 is 1.22 bits per heavy atom. The van der Waals surface area contributed by atoms with Gasteiger partial charge in [-0.05, 0) is 24.1 Å². The van der Waals surface area contributed by atoms with Gasteiger partial charge in [0.05, 0.1) is 13.2 Å². The van der Waals surface area contributed by atoms with E-state index in [-0.39, 0.29) is 5.41 Å². The molecule has 0 radical (unpaired) electrons. The summed E-state index contributed by atoms with van der Waals surface area (Å²) < 4.78 is 5.43. The molecule has 0 bridgehead atoms. The van der Waals surface area contributed by atoms with E-state index in [0.717, 1.165) is 32.8 Å². The van der Waals surface area contributed by atoms with E-state index in [4.69, 9.17) is 4.74 Å². The fraction of sp³-hybridized carbons (Fsp3) is 0.600. The lowest BCUT2D eigenvalue weighted by Gasteiger charge is -2.31. The van der Waals surface area contributed by atoms with Gasteiger partial charge in [-0.1, -0.05) is 19.9 Å². The topological polar surface area (TPSA) is 24.5 Å². The van der Waals surface area contributed by atoms with Crippen LogP contribution in [0.1, 0.15) is 25.0 Å². The summed E-state index contributed by atoms with van der Waals surface area (Å²) in [4.78, 5) is 2.44. The Balaban J connectivity index is 1.99. The van der Waals surface area contributed by atoms with Gasteiger partial charge in [0, 0.05) is 36.4 Å². The average molecular weight is 246 g/mol. The molecular weight excluding hydrogens is 224 g/mol. The SMILES string of the molecule is Cc1c(N2CCOCC2)ccc2c1NCC2(C)C. The molecule has 98 valence electrons. The second-order valence-corrected chi connectivity index (χ2v) is 5.97. The highest BCUT2D eigenvalue weighted by Gasteiger charge is 2.31. The number of benzene rings is 1. The van der Waals surface area contributed by atoms with Gasteiger partial charge >= 0.3 is 0 Å². The highest BCUT2D eigenvalue weighted by molar-refractivity contribution is 5.73. The van der Waals surface area contributed by atoms with Gasteiger partial charge in [0.1, 0.15) is 0 Å². The minimum Gasteiger partial charge on any atom is -0.384 e.